The largest absolute Gasteiger partial charge is 0.352 e. The maximum absolute atomic E-state index is 12.2. The third kappa shape index (κ3) is 3.70. The van der Waals surface area contributed by atoms with Crippen LogP contribution in [-0.4, -0.2) is 15.9 Å². The predicted molar refractivity (Wildman–Crippen MR) is 85.9 cm³/mol. The summed E-state index contributed by atoms with van der Waals surface area (Å²) >= 11 is 0. The molecule has 114 valence electrons. The van der Waals surface area contributed by atoms with Crippen molar-refractivity contribution in [2.75, 3.05) is 0 Å². The number of nitrogens with one attached hydrogen (secondary N) is 1. The number of nitrogens with zero attached hydrogens (tertiary/aromatic N) is 2. The Morgan fingerprint density at radius 2 is 2.05 bits per heavy atom. The Labute approximate surface area is 131 Å². The lowest BCUT2D eigenvalue weighted by Gasteiger charge is -2.20. The van der Waals surface area contributed by atoms with Crippen LogP contribution < -0.4 is 5.32 Å². The number of carbonyl (C=O) groups excluding carboxylic acids is 1. The molecule has 1 N–H and O–H groups in total. The van der Waals surface area contributed by atoms with Gasteiger partial charge in [-0.25, -0.2) is 0 Å². The van der Waals surface area contributed by atoms with E-state index in [2.05, 4.69) is 15.3 Å². The van der Waals surface area contributed by atoms with E-state index in [0.717, 1.165) is 29.7 Å². The summed E-state index contributed by atoms with van der Waals surface area (Å²) in [5, 5.41) is 3.07. The van der Waals surface area contributed by atoms with Crippen molar-refractivity contribution in [2.45, 2.75) is 38.6 Å². The molecule has 2 heterocycles. The van der Waals surface area contributed by atoms with Crippen LogP contribution >= 0.6 is 0 Å². The summed E-state index contributed by atoms with van der Waals surface area (Å²) in [6, 6.07) is 7.84. The smallest absolute Gasteiger partial charge is 0.223 e. The summed E-state index contributed by atoms with van der Waals surface area (Å²) < 4.78 is 0. The first-order valence-corrected chi connectivity index (χ1v) is 7.96. The van der Waals surface area contributed by atoms with E-state index in [4.69, 9.17) is 0 Å². The number of pyridine rings is 2. The van der Waals surface area contributed by atoms with Crippen LogP contribution in [0.15, 0.2) is 42.9 Å². The van der Waals surface area contributed by atoms with Gasteiger partial charge in [-0.15, -0.1) is 0 Å². The van der Waals surface area contributed by atoms with E-state index in [1.54, 1.807) is 18.6 Å². The van der Waals surface area contributed by atoms with Gasteiger partial charge in [0.1, 0.15) is 0 Å². The molecule has 0 saturated heterocycles. The van der Waals surface area contributed by atoms with E-state index < -0.39 is 0 Å². The lowest BCUT2D eigenvalue weighted by molar-refractivity contribution is -0.126. The van der Waals surface area contributed by atoms with Crippen LogP contribution in [0.4, 0.5) is 0 Å². The highest BCUT2D eigenvalue weighted by atomic mass is 16.1. The van der Waals surface area contributed by atoms with Gasteiger partial charge in [-0.2, -0.15) is 0 Å². The van der Waals surface area contributed by atoms with Crippen molar-refractivity contribution < 1.29 is 4.79 Å². The first kappa shape index (κ1) is 14.7. The van der Waals surface area contributed by atoms with Gasteiger partial charge in [-0.3, -0.25) is 14.8 Å². The molecule has 1 fully saturated rings. The Hall–Kier alpha value is -2.23. The highest BCUT2D eigenvalue weighted by molar-refractivity contribution is 5.78. The van der Waals surface area contributed by atoms with Crippen LogP contribution in [-0.2, 0) is 11.3 Å². The Kier molecular flexibility index (Phi) is 4.78. The predicted octanol–water partition coefficient (Wildman–Crippen LogP) is 3.34. The minimum absolute atomic E-state index is 0.194. The maximum Gasteiger partial charge on any atom is 0.223 e. The molecule has 2 aromatic heterocycles. The van der Waals surface area contributed by atoms with Crippen LogP contribution in [0, 0.1) is 5.92 Å². The molecular formula is C18H21N3O. The molecular weight excluding hydrogens is 274 g/mol. The van der Waals surface area contributed by atoms with Crippen molar-refractivity contribution in [3.05, 3.63) is 48.4 Å². The van der Waals surface area contributed by atoms with Gasteiger partial charge in [0.15, 0.2) is 0 Å². The van der Waals surface area contributed by atoms with E-state index in [0.29, 0.717) is 6.54 Å². The summed E-state index contributed by atoms with van der Waals surface area (Å²) in [4.78, 5) is 20.7. The summed E-state index contributed by atoms with van der Waals surface area (Å²) in [6.07, 6.45) is 11.0. The fraction of sp³-hybridized carbons (Fsp3) is 0.389. The molecule has 0 aliphatic heterocycles. The Morgan fingerprint density at radius 1 is 1.18 bits per heavy atom. The van der Waals surface area contributed by atoms with Gasteiger partial charge in [-0.1, -0.05) is 19.3 Å². The number of rotatable bonds is 4. The lowest BCUT2D eigenvalue weighted by Crippen LogP contribution is -2.31. The second kappa shape index (κ2) is 7.16. The van der Waals surface area contributed by atoms with Gasteiger partial charge in [0.25, 0.3) is 0 Å². The summed E-state index contributed by atoms with van der Waals surface area (Å²) in [5.41, 5.74) is 2.94. The molecule has 4 nitrogen and oxygen atoms in total. The summed E-state index contributed by atoms with van der Waals surface area (Å²) in [5.74, 6) is 0.396. The first-order chi connectivity index (χ1) is 10.8. The molecule has 0 unspecified atom stereocenters. The quantitative estimate of drug-likeness (QED) is 0.941. The molecule has 0 aromatic carbocycles. The third-order valence-electron chi connectivity index (χ3n) is 4.22. The van der Waals surface area contributed by atoms with Crippen LogP contribution in [0.1, 0.15) is 37.7 Å². The fourth-order valence-electron chi connectivity index (χ4n) is 2.95. The zero-order valence-electron chi connectivity index (χ0n) is 12.7. The molecule has 0 bridgehead atoms. The minimum Gasteiger partial charge on any atom is -0.352 e. The Morgan fingerprint density at radius 3 is 2.82 bits per heavy atom. The number of hydrogen-bond donors (Lipinski definition) is 1. The summed E-state index contributed by atoms with van der Waals surface area (Å²) in [7, 11) is 0. The van der Waals surface area contributed by atoms with Gasteiger partial charge in [0.2, 0.25) is 5.91 Å². The lowest BCUT2D eigenvalue weighted by atomic mass is 9.88. The molecule has 22 heavy (non-hydrogen) atoms. The van der Waals surface area contributed by atoms with Crippen LogP contribution in [0.25, 0.3) is 11.3 Å². The van der Waals surface area contributed by atoms with E-state index in [1.807, 2.05) is 24.3 Å². The average Bonchev–Trinajstić information content (AvgIpc) is 2.61. The van der Waals surface area contributed by atoms with Crippen molar-refractivity contribution in [2.24, 2.45) is 5.92 Å². The van der Waals surface area contributed by atoms with E-state index >= 15 is 0 Å². The standard InChI is InChI=1S/C18H21N3O/c22-18(15-5-2-1-3-6-15)21-12-14-8-10-20-17(11-14)16-7-4-9-19-13-16/h4,7-11,13,15H,1-3,5-6,12H2,(H,21,22). The maximum atomic E-state index is 12.2. The molecule has 0 spiro atoms. The molecule has 0 atom stereocenters. The van der Waals surface area contributed by atoms with Gasteiger partial charge in [-0.05, 0) is 42.7 Å². The number of hydrogen-bond acceptors (Lipinski definition) is 3. The number of amides is 1. The molecule has 4 heteroatoms. The number of aromatic nitrogens is 2. The van der Waals surface area contributed by atoms with Crippen LogP contribution in [0.2, 0.25) is 0 Å². The molecule has 3 rings (SSSR count). The zero-order chi connectivity index (χ0) is 15.2. The topological polar surface area (TPSA) is 54.9 Å². The van der Waals surface area contributed by atoms with E-state index in [-0.39, 0.29) is 11.8 Å². The second-order valence-electron chi connectivity index (χ2n) is 5.84. The highest BCUT2D eigenvalue weighted by Crippen LogP contribution is 2.23. The Balaban J connectivity index is 1.62. The fourth-order valence-corrected chi connectivity index (χ4v) is 2.95. The second-order valence-corrected chi connectivity index (χ2v) is 5.84. The molecule has 1 aliphatic carbocycles. The van der Waals surface area contributed by atoms with Crippen molar-refractivity contribution in [1.82, 2.24) is 15.3 Å². The van der Waals surface area contributed by atoms with Gasteiger partial charge in [0, 0.05) is 36.6 Å². The number of carbonyl (C=O) groups is 1. The molecule has 2 aromatic rings. The van der Waals surface area contributed by atoms with Crippen molar-refractivity contribution in [3.63, 3.8) is 0 Å². The minimum atomic E-state index is 0.194. The van der Waals surface area contributed by atoms with Crippen molar-refractivity contribution >= 4 is 5.91 Å². The zero-order valence-corrected chi connectivity index (χ0v) is 12.7. The third-order valence-corrected chi connectivity index (χ3v) is 4.22. The molecule has 1 saturated carbocycles. The van der Waals surface area contributed by atoms with Gasteiger partial charge in [0.05, 0.1) is 5.69 Å². The molecule has 0 radical (unpaired) electrons. The SMILES string of the molecule is O=C(NCc1ccnc(-c2cccnc2)c1)C1CCCCC1. The van der Waals surface area contributed by atoms with Crippen molar-refractivity contribution in [1.29, 1.82) is 0 Å². The van der Waals surface area contributed by atoms with Gasteiger partial charge < -0.3 is 5.32 Å². The monoisotopic (exact) mass is 295 g/mol. The molecule has 1 amide bonds. The normalized spacial score (nSPS) is 15.5. The average molecular weight is 295 g/mol. The Bertz CT molecular complexity index is 621. The molecule has 1 aliphatic rings. The first-order valence-electron chi connectivity index (χ1n) is 7.96. The van der Waals surface area contributed by atoms with E-state index in [1.165, 1.54) is 19.3 Å². The van der Waals surface area contributed by atoms with Crippen LogP contribution in [0.3, 0.4) is 0 Å². The highest BCUT2D eigenvalue weighted by Gasteiger charge is 2.20. The van der Waals surface area contributed by atoms with Gasteiger partial charge >= 0.3 is 0 Å². The van der Waals surface area contributed by atoms with Crippen molar-refractivity contribution in [3.8, 4) is 11.3 Å². The van der Waals surface area contributed by atoms with E-state index in [9.17, 15) is 4.79 Å². The summed E-state index contributed by atoms with van der Waals surface area (Å²) in [6.45, 7) is 0.561. The van der Waals surface area contributed by atoms with Crippen LogP contribution in [0.5, 0.6) is 0 Å².